The predicted octanol–water partition coefficient (Wildman–Crippen LogP) is 1.88. The molecular formula is C17H19N5O2S. The van der Waals surface area contributed by atoms with Crippen molar-refractivity contribution in [2.24, 2.45) is 10.7 Å². The number of thioether (sulfide) groups is 1. The van der Waals surface area contributed by atoms with E-state index < -0.39 is 5.91 Å². The molecule has 8 heteroatoms. The van der Waals surface area contributed by atoms with Crippen molar-refractivity contribution in [1.82, 2.24) is 15.2 Å². The van der Waals surface area contributed by atoms with Crippen LogP contribution in [-0.4, -0.2) is 48.0 Å². The molecule has 2 rings (SSSR count). The highest BCUT2D eigenvalue weighted by Crippen LogP contribution is 2.19. The fourth-order valence-electron chi connectivity index (χ4n) is 1.90. The lowest BCUT2D eigenvalue weighted by Gasteiger charge is -2.09. The average Bonchev–Trinajstić information content (AvgIpc) is 2.61. The maximum Gasteiger partial charge on any atom is 0.271 e. The van der Waals surface area contributed by atoms with Gasteiger partial charge in [0.15, 0.2) is 0 Å². The highest BCUT2D eigenvalue weighted by Gasteiger charge is 2.12. The van der Waals surface area contributed by atoms with Gasteiger partial charge in [0.2, 0.25) is 5.96 Å². The lowest BCUT2D eigenvalue weighted by Crippen LogP contribution is -2.36. The Labute approximate surface area is 150 Å². The lowest BCUT2D eigenvalue weighted by atomic mass is 10.2. The van der Waals surface area contributed by atoms with Crippen LogP contribution in [0.25, 0.3) is 0 Å². The predicted molar refractivity (Wildman–Crippen MR) is 99.2 cm³/mol. The number of benzene rings is 1. The zero-order valence-corrected chi connectivity index (χ0v) is 15.0. The van der Waals surface area contributed by atoms with Crippen LogP contribution >= 0.6 is 11.8 Å². The van der Waals surface area contributed by atoms with Gasteiger partial charge >= 0.3 is 0 Å². The summed E-state index contributed by atoms with van der Waals surface area (Å²) in [6.45, 7) is 0. The van der Waals surface area contributed by atoms with Crippen molar-refractivity contribution < 1.29 is 9.59 Å². The van der Waals surface area contributed by atoms with Gasteiger partial charge in [-0.15, -0.1) is 11.8 Å². The van der Waals surface area contributed by atoms with Crippen LogP contribution in [0, 0.1) is 0 Å². The highest BCUT2D eigenvalue weighted by molar-refractivity contribution is 7.98. The number of hydrogen-bond donors (Lipinski definition) is 2. The van der Waals surface area contributed by atoms with Crippen LogP contribution in [0.2, 0.25) is 0 Å². The van der Waals surface area contributed by atoms with Gasteiger partial charge in [0.25, 0.3) is 11.8 Å². The Morgan fingerprint density at radius 3 is 2.36 bits per heavy atom. The molecule has 0 aliphatic heterocycles. The minimum atomic E-state index is -0.446. The fraction of sp³-hybridized carbons (Fsp3) is 0.176. The third-order valence-corrected chi connectivity index (χ3v) is 3.96. The van der Waals surface area contributed by atoms with Gasteiger partial charge in [-0.3, -0.25) is 19.9 Å². The number of rotatable bonds is 4. The second kappa shape index (κ2) is 8.29. The maximum atomic E-state index is 12.2. The molecule has 0 unspecified atom stereocenters. The van der Waals surface area contributed by atoms with Crippen LogP contribution in [0.15, 0.2) is 52.5 Å². The summed E-state index contributed by atoms with van der Waals surface area (Å²) in [4.78, 5) is 34.6. The number of nitrogens with one attached hydrogen (secondary N) is 1. The quantitative estimate of drug-likeness (QED) is 0.494. The number of nitrogens with zero attached hydrogens (tertiary/aromatic N) is 3. The van der Waals surface area contributed by atoms with E-state index in [9.17, 15) is 9.59 Å². The van der Waals surface area contributed by atoms with Crippen LogP contribution in [0.1, 0.15) is 20.8 Å². The molecule has 3 N–H and O–H groups in total. The third kappa shape index (κ3) is 5.05. The van der Waals surface area contributed by atoms with E-state index >= 15 is 0 Å². The fourth-order valence-corrected chi connectivity index (χ4v) is 2.30. The summed E-state index contributed by atoms with van der Waals surface area (Å²) in [5.74, 6) is -0.699. The van der Waals surface area contributed by atoms with Gasteiger partial charge in [0.1, 0.15) is 5.69 Å². The Balaban J connectivity index is 2.05. The third-order valence-electron chi connectivity index (χ3n) is 3.21. The molecule has 1 aromatic heterocycles. The van der Waals surface area contributed by atoms with Crippen molar-refractivity contribution in [3.05, 3.63) is 53.9 Å². The van der Waals surface area contributed by atoms with Gasteiger partial charge in [-0.05, 0) is 42.7 Å². The molecule has 1 aromatic carbocycles. The van der Waals surface area contributed by atoms with Crippen molar-refractivity contribution >= 4 is 35.2 Å². The largest absolute Gasteiger partial charge is 0.369 e. The maximum absolute atomic E-state index is 12.2. The normalized spacial score (nSPS) is 11.1. The molecule has 7 nitrogen and oxygen atoms in total. The second-order valence-corrected chi connectivity index (χ2v) is 6.16. The average molecular weight is 357 g/mol. The first-order valence-corrected chi connectivity index (χ1v) is 8.60. The number of guanidine groups is 1. The molecule has 0 atom stereocenters. The van der Waals surface area contributed by atoms with Gasteiger partial charge < -0.3 is 10.6 Å². The summed E-state index contributed by atoms with van der Waals surface area (Å²) in [6, 6.07) is 10.5. The summed E-state index contributed by atoms with van der Waals surface area (Å²) < 4.78 is 0. The molecule has 2 aromatic rings. The van der Waals surface area contributed by atoms with Crippen molar-refractivity contribution in [3.8, 4) is 0 Å². The number of hydrogen-bond acceptors (Lipinski definition) is 5. The first-order chi connectivity index (χ1) is 11.9. The Morgan fingerprint density at radius 1 is 1.16 bits per heavy atom. The molecule has 0 spiro atoms. The number of amides is 2. The second-order valence-electron chi connectivity index (χ2n) is 5.28. The summed E-state index contributed by atoms with van der Waals surface area (Å²) in [7, 11) is 3.26. The highest BCUT2D eigenvalue weighted by atomic mass is 32.2. The molecule has 0 aliphatic carbocycles. The molecule has 0 radical (unpaired) electrons. The molecule has 0 aliphatic rings. The van der Waals surface area contributed by atoms with Crippen LogP contribution in [0.3, 0.4) is 0 Å². The standard InChI is InChI=1S/C17H19N5O2S/c1-22(2)16(24)14-9-4-11(10-19-14)15(23)21-17(18)20-12-5-7-13(25-3)8-6-12/h4-10H,1-3H3,(H3,18,20,21,23). The Hall–Kier alpha value is -2.87. The van der Waals surface area contributed by atoms with Crippen LogP contribution in [0.5, 0.6) is 0 Å². The number of aromatic nitrogens is 1. The van der Waals surface area contributed by atoms with Gasteiger partial charge in [0.05, 0.1) is 11.3 Å². The molecule has 130 valence electrons. The minimum absolute atomic E-state index is 0.0182. The summed E-state index contributed by atoms with van der Waals surface area (Å²) in [5, 5.41) is 2.49. The van der Waals surface area contributed by atoms with Crippen LogP contribution in [-0.2, 0) is 0 Å². The van der Waals surface area contributed by atoms with Gasteiger partial charge in [-0.2, -0.15) is 0 Å². The first-order valence-electron chi connectivity index (χ1n) is 7.38. The topological polar surface area (TPSA) is 101 Å². The van der Waals surface area contributed by atoms with Crippen molar-refractivity contribution in [3.63, 3.8) is 0 Å². The summed E-state index contributed by atoms with van der Waals surface area (Å²) in [5.41, 5.74) is 6.95. The Bertz CT molecular complexity index is 786. The van der Waals surface area contributed by atoms with Gasteiger partial charge in [0, 0.05) is 25.2 Å². The molecule has 0 saturated carbocycles. The Kier molecular flexibility index (Phi) is 6.13. The molecule has 0 fully saturated rings. The molecule has 2 amide bonds. The van der Waals surface area contributed by atoms with E-state index in [0.717, 1.165) is 4.90 Å². The van der Waals surface area contributed by atoms with E-state index in [4.69, 9.17) is 5.73 Å². The number of aliphatic imine (C=N–C) groups is 1. The van der Waals surface area contributed by atoms with Crippen molar-refractivity contribution in [2.75, 3.05) is 20.4 Å². The van der Waals surface area contributed by atoms with Crippen molar-refractivity contribution in [2.45, 2.75) is 4.90 Å². The minimum Gasteiger partial charge on any atom is -0.369 e. The number of carbonyl (C=O) groups excluding carboxylic acids is 2. The van der Waals surface area contributed by atoms with E-state index in [1.54, 1.807) is 25.9 Å². The smallest absolute Gasteiger partial charge is 0.271 e. The van der Waals surface area contributed by atoms with Crippen LogP contribution < -0.4 is 11.1 Å². The Morgan fingerprint density at radius 2 is 1.84 bits per heavy atom. The molecule has 25 heavy (non-hydrogen) atoms. The van der Waals surface area contributed by atoms with E-state index in [1.165, 1.54) is 23.2 Å². The lowest BCUT2D eigenvalue weighted by molar-refractivity contribution is 0.0821. The monoisotopic (exact) mass is 357 g/mol. The number of nitrogens with two attached hydrogens (primary N) is 1. The summed E-state index contributed by atoms with van der Waals surface area (Å²) in [6.07, 6.45) is 3.31. The van der Waals surface area contributed by atoms with Gasteiger partial charge in [-0.25, -0.2) is 4.99 Å². The number of carbonyl (C=O) groups is 2. The zero-order chi connectivity index (χ0) is 18.4. The molecular weight excluding hydrogens is 338 g/mol. The zero-order valence-electron chi connectivity index (χ0n) is 14.2. The number of pyridine rings is 1. The molecule has 0 bridgehead atoms. The molecule has 0 saturated heterocycles. The molecule has 1 heterocycles. The van der Waals surface area contributed by atoms with E-state index in [0.29, 0.717) is 5.69 Å². The van der Waals surface area contributed by atoms with Crippen LogP contribution in [0.4, 0.5) is 5.69 Å². The van der Waals surface area contributed by atoms with E-state index in [1.807, 2.05) is 30.5 Å². The van der Waals surface area contributed by atoms with E-state index in [2.05, 4.69) is 15.3 Å². The summed E-state index contributed by atoms with van der Waals surface area (Å²) >= 11 is 1.63. The van der Waals surface area contributed by atoms with E-state index in [-0.39, 0.29) is 23.1 Å². The first kappa shape index (κ1) is 18.5. The van der Waals surface area contributed by atoms with Crippen molar-refractivity contribution in [1.29, 1.82) is 0 Å². The van der Waals surface area contributed by atoms with Gasteiger partial charge in [-0.1, -0.05) is 0 Å². The SMILES string of the molecule is CSc1ccc(N=C(N)NC(=O)c2ccc(C(=O)N(C)C)nc2)cc1.